The van der Waals surface area contributed by atoms with Gasteiger partial charge in [0.25, 0.3) is 0 Å². The van der Waals surface area contributed by atoms with Crippen molar-refractivity contribution in [3.05, 3.63) is 27.2 Å². The molecule has 0 atom stereocenters. The van der Waals surface area contributed by atoms with E-state index in [-0.39, 0.29) is 0 Å². The number of methoxy groups -OCH3 is 1. The van der Waals surface area contributed by atoms with Crippen LogP contribution in [-0.4, -0.2) is 13.7 Å². The van der Waals surface area contributed by atoms with Gasteiger partial charge in [0, 0.05) is 5.02 Å². The highest BCUT2D eigenvalue weighted by Crippen LogP contribution is 2.32. The quantitative estimate of drug-likeness (QED) is 0.862. The van der Waals surface area contributed by atoms with Gasteiger partial charge >= 0.3 is 0 Å². The fraction of sp³-hybridized carbons (Fsp3) is 0.333. The third-order valence-electron chi connectivity index (χ3n) is 1.79. The van der Waals surface area contributed by atoms with Gasteiger partial charge in [-0.25, -0.2) is 5.90 Å². The summed E-state index contributed by atoms with van der Waals surface area (Å²) in [6.07, 6.45) is 0.688. The lowest BCUT2D eigenvalue weighted by Crippen LogP contribution is -2.04. The Hall–Kier alpha value is -0.290. The van der Waals surface area contributed by atoms with E-state index in [1.807, 2.05) is 6.07 Å². The van der Waals surface area contributed by atoms with Gasteiger partial charge in [-0.2, -0.15) is 0 Å². The van der Waals surface area contributed by atoms with Crippen molar-refractivity contribution >= 4 is 27.5 Å². The molecule has 1 rings (SSSR count). The van der Waals surface area contributed by atoms with Crippen molar-refractivity contribution in [1.29, 1.82) is 0 Å². The van der Waals surface area contributed by atoms with Crippen LogP contribution in [0.25, 0.3) is 0 Å². The van der Waals surface area contributed by atoms with E-state index in [4.69, 9.17) is 22.2 Å². The van der Waals surface area contributed by atoms with E-state index >= 15 is 0 Å². The number of hydrogen-bond donors (Lipinski definition) is 1. The molecule has 0 aromatic heterocycles. The third-order valence-corrected chi connectivity index (χ3v) is 2.91. The molecular weight excluding hydrogens is 269 g/mol. The SMILES string of the molecule is COc1cc(Cl)cc(CCON)c1Br. The normalized spacial score (nSPS) is 10.3. The van der Waals surface area contributed by atoms with E-state index < -0.39 is 0 Å². The van der Waals surface area contributed by atoms with Crippen molar-refractivity contribution in [1.82, 2.24) is 0 Å². The molecule has 0 amide bonds. The summed E-state index contributed by atoms with van der Waals surface area (Å²) in [5, 5.41) is 0.636. The van der Waals surface area contributed by atoms with Crippen molar-refractivity contribution < 1.29 is 9.57 Å². The number of nitrogens with two attached hydrogens (primary N) is 1. The van der Waals surface area contributed by atoms with Crippen LogP contribution in [-0.2, 0) is 11.3 Å². The Morgan fingerprint density at radius 1 is 1.50 bits per heavy atom. The number of hydrogen-bond acceptors (Lipinski definition) is 3. The maximum absolute atomic E-state index is 5.91. The van der Waals surface area contributed by atoms with Gasteiger partial charge in [-0.1, -0.05) is 11.6 Å². The highest BCUT2D eigenvalue weighted by Gasteiger charge is 2.08. The second-order valence-corrected chi connectivity index (χ2v) is 3.93. The van der Waals surface area contributed by atoms with Crippen molar-refractivity contribution in [2.75, 3.05) is 13.7 Å². The van der Waals surface area contributed by atoms with Gasteiger partial charge in [0.2, 0.25) is 0 Å². The van der Waals surface area contributed by atoms with Crippen LogP contribution in [0.5, 0.6) is 5.75 Å². The highest BCUT2D eigenvalue weighted by molar-refractivity contribution is 9.10. The molecule has 0 spiro atoms. The van der Waals surface area contributed by atoms with E-state index in [1.54, 1.807) is 13.2 Å². The first-order valence-electron chi connectivity index (χ1n) is 4.02. The molecule has 0 fully saturated rings. The molecule has 0 radical (unpaired) electrons. The fourth-order valence-corrected chi connectivity index (χ4v) is 1.94. The molecule has 0 heterocycles. The lowest BCUT2D eigenvalue weighted by Gasteiger charge is -2.09. The molecule has 2 N–H and O–H groups in total. The van der Waals surface area contributed by atoms with Gasteiger partial charge in [0.05, 0.1) is 18.2 Å². The monoisotopic (exact) mass is 279 g/mol. The molecule has 0 saturated carbocycles. The van der Waals surface area contributed by atoms with Gasteiger partial charge < -0.3 is 9.57 Å². The van der Waals surface area contributed by atoms with Gasteiger partial charge in [-0.05, 0) is 40.0 Å². The van der Waals surface area contributed by atoms with E-state index in [1.165, 1.54) is 0 Å². The maximum atomic E-state index is 5.91. The number of benzene rings is 1. The number of halogens is 2. The molecule has 0 unspecified atom stereocenters. The minimum Gasteiger partial charge on any atom is -0.496 e. The molecule has 0 aliphatic heterocycles. The molecule has 14 heavy (non-hydrogen) atoms. The molecular formula is C9H11BrClNO2. The van der Waals surface area contributed by atoms with Crippen LogP contribution in [0.4, 0.5) is 0 Å². The molecule has 0 aliphatic rings. The second-order valence-electron chi connectivity index (χ2n) is 2.70. The van der Waals surface area contributed by atoms with Gasteiger partial charge in [-0.15, -0.1) is 0 Å². The smallest absolute Gasteiger partial charge is 0.134 e. The predicted molar refractivity (Wildman–Crippen MR) is 59.5 cm³/mol. The Labute approximate surface area is 96.2 Å². The zero-order chi connectivity index (χ0) is 10.6. The minimum atomic E-state index is 0.447. The first-order valence-corrected chi connectivity index (χ1v) is 5.19. The summed E-state index contributed by atoms with van der Waals surface area (Å²) in [6, 6.07) is 3.60. The molecule has 5 heteroatoms. The first kappa shape index (κ1) is 11.8. The molecule has 0 aliphatic carbocycles. The Morgan fingerprint density at radius 2 is 2.21 bits per heavy atom. The zero-order valence-corrected chi connectivity index (χ0v) is 10.1. The Morgan fingerprint density at radius 3 is 2.79 bits per heavy atom. The third kappa shape index (κ3) is 2.85. The summed E-state index contributed by atoms with van der Waals surface area (Å²) in [5.74, 6) is 5.67. The summed E-state index contributed by atoms with van der Waals surface area (Å²) in [7, 11) is 1.60. The topological polar surface area (TPSA) is 44.5 Å². The lowest BCUT2D eigenvalue weighted by molar-refractivity contribution is 0.141. The van der Waals surface area contributed by atoms with E-state index in [0.29, 0.717) is 23.8 Å². The molecule has 3 nitrogen and oxygen atoms in total. The summed E-state index contributed by atoms with van der Waals surface area (Å²) < 4.78 is 6.03. The summed E-state index contributed by atoms with van der Waals surface area (Å²) >= 11 is 9.33. The summed E-state index contributed by atoms with van der Waals surface area (Å²) in [5.41, 5.74) is 1.01. The Balaban J connectivity index is 2.96. The fourth-order valence-electron chi connectivity index (χ4n) is 1.12. The largest absolute Gasteiger partial charge is 0.496 e. The molecule has 1 aromatic rings. The van der Waals surface area contributed by atoms with Crippen molar-refractivity contribution in [2.45, 2.75) is 6.42 Å². The lowest BCUT2D eigenvalue weighted by atomic mass is 10.1. The van der Waals surface area contributed by atoms with Gasteiger partial charge in [-0.3, -0.25) is 0 Å². The van der Waals surface area contributed by atoms with Crippen LogP contribution in [0, 0.1) is 0 Å². The van der Waals surface area contributed by atoms with Crippen molar-refractivity contribution in [2.24, 2.45) is 5.90 Å². The summed E-state index contributed by atoms with van der Waals surface area (Å²) in [6.45, 7) is 0.447. The van der Waals surface area contributed by atoms with Crippen LogP contribution in [0.15, 0.2) is 16.6 Å². The van der Waals surface area contributed by atoms with Crippen LogP contribution >= 0.6 is 27.5 Å². The second kappa shape index (κ2) is 5.56. The Kier molecular flexibility index (Phi) is 4.68. The van der Waals surface area contributed by atoms with Crippen LogP contribution in [0.2, 0.25) is 5.02 Å². The van der Waals surface area contributed by atoms with Crippen LogP contribution < -0.4 is 10.6 Å². The average Bonchev–Trinajstić information content (AvgIpc) is 2.18. The van der Waals surface area contributed by atoms with Crippen molar-refractivity contribution in [3.63, 3.8) is 0 Å². The standard InChI is InChI=1S/C9H11BrClNO2/c1-13-8-5-7(11)4-6(9(8)10)2-3-14-12/h4-5H,2-3,12H2,1H3. The zero-order valence-electron chi connectivity index (χ0n) is 7.72. The van der Waals surface area contributed by atoms with E-state index in [0.717, 1.165) is 10.0 Å². The maximum Gasteiger partial charge on any atom is 0.134 e. The van der Waals surface area contributed by atoms with Crippen LogP contribution in [0.3, 0.4) is 0 Å². The molecule has 0 bridgehead atoms. The van der Waals surface area contributed by atoms with Crippen molar-refractivity contribution in [3.8, 4) is 5.75 Å². The van der Waals surface area contributed by atoms with E-state index in [2.05, 4.69) is 20.8 Å². The van der Waals surface area contributed by atoms with E-state index in [9.17, 15) is 0 Å². The Bertz CT molecular complexity index is 320. The molecule has 0 saturated heterocycles. The van der Waals surface area contributed by atoms with Gasteiger partial charge in [0.15, 0.2) is 0 Å². The summed E-state index contributed by atoms with van der Waals surface area (Å²) in [4.78, 5) is 4.51. The highest BCUT2D eigenvalue weighted by atomic mass is 79.9. The number of ether oxygens (including phenoxy) is 1. The average molecular weight is 281 g/mol. The van der Waals surface area contributed by atoms with Gasteiger partial charge in [0.1, 0.15) is 5.75 Å². The first-order chi connectivity index (χ1) is 6.69. The molecule has 78 valence electrons. The van der Waals surface area contributed by atoms with Crippen LogP contribution in [0.1, 0.15) is 5.56 Å². The minimum absolute atomic E-state index is 0.447. The number of rotatable bonds is 4. The molecule has 1 aromatic carbocycles. The predicted octanol–water partition coefficient (Wildman–Crippen LogP) is 2.54.